The zero-order valence-electron chi connectivity index (χ0n) is 26.3. The molecule has 0 bridgehead atoms. The summed E-state index contributed by atoms with van der Waals surface area (Å²) in [4.78, 5) is 14.1. The number of hydrogen-bond acceptors (Lipinski definition) is 8. The van der Waals surface area contributed by atoms with E-state index in [0.29, 0.717) is 30.6 Å². The molecule has 1 fully saturated rings. The predicted octanol–water partition coefficient (Wildman–Crippen LogP) is 8.60. The van der Waals surface area contributed by atoms with Gasteiger partial charge in [0.05, 0.1) is 12.3 Å². The lowest BCUT2D eigenvalue weighted by Gasteiger charge is -2.23. The maximum Gasteiger partial charge on any atom is 0.472 e. The number of nitrogens with two attached hydrogens (primary N) is 1. The second-order valence-corrected chi connectivity index (χ2v) is 13.5. The van der Waals surface area contributed by atoms with Crippen LogP contribution in [-0.2, 0) is 18.3 Å². The molecule has 3 N–H and O–H groups in total. The van der Waals surface area contributed by atoms with Crippen molar-refractivity contribution in [2.75, 3.05) is 18.9 Å². The van der Waals surface area contributed by atoms with E-state index in [-0.39, 0.29) is 13.2 Å². The summed E-state index contributed by atoms with van der Waals surface area (Å²) in [6, 6.07) is 5.76. The van der Waals surface area contributed by atoms with E-state index < -0.39 is 19.5 Å². The SMILES string of the molecule is CCCCCCCCCCCCCCCCCCCCOP(=O)(O)OC[C@]1(C#N)CC[C@H](c2ccc3c(N)ncnn23)O1. The molecule has 0 aromatic carbocycles. The molecule has 2 aromatic heterocycles. The topological polar surface area (TPSA) is 145 Å². The van der Waals surface area contributed by atoms with Crippen molar-refractivity contribution in [1.29, 1.82) is 5.26 Å². The highest BCUT2D eigenvalue weighted by Gasteiger charge is 2.44. The first-order chi connectivity index (χ1) is 20.9. The normalized spacial score (nSPS) is 20.0. The summed E-state index contributed by atoms with van der Waals surface area (Å²) < 4.78 is 30.5. The summed E-state index contributed by atoms with van der Waals surface area (Å²) in [5.41, 5.74) is 5.95. The molecule has 3 atom stereocenters. The van der Waals surface area contributed by atoms with E-state index in [9.17, 15) is 14.7 Å². The van der Waals surface area contributed by atoms with Gasteiger partial charge in [0, 0.05) is 0 Å². The van der Waals surface area contributed by atoms with Gasteiger partial charge >= 0.3 is 7.82 Å². The van der Waals surface area contributed by atoms with Gasteiger partial charge in [-0.2, -0.15) is 10.4 Å². The number of nitriles is 1. The molecule has 1 aliphatic heterocycles. The first-order valence-corrected chi connectivity index (χ1v) is 18.2. The molecule has 10 nitrogen and oxygen atoms in total. The first-order valence-electron chi connectivity index (χ1n) is 16.7. The smallest absolute Gasteiger partial charge is 0.382 e. The molecular weight excluding hydrogens is 565 g/mol. The molecule has 11 heteroatoms. The Balaban J connectivity index is 1.18. The van der Waals surface area contributed by atoms with Gasteiger partial charge in [-0.25, -0.2) is 14.1 Å². The van der Waals surface area contributed by atoms with E-state index in [1.165, 1.54) is 103 Å². The number of phosphoric acid groups is 1. The lowest BCUT2D eigenvalue weighted by molar-refractivity contribution is -0.0397. The Labute approximate surface area is 258 Å². The fourth-order valence-electron chi connectivity index (χ4n) is 5.81. The summed E-state index contributed by atoms with van der Waals surface area (Å²) in [5.74, 6) is 0.349. The van der Waals surface area contributed by atoms with Crippen molar-refractivity contribution < 1.29 is 23.2 Å². The number of nitrogen functional groups attached to an aromatic ring is 1. The fourth-order valence-corrected chi connectivity index (χ4v) is 6.61. The third-order valence-corrected chi connectivity index (χ3v) is 9.40. The summed E-state index contributed by atoms with van der Waals surface area (Å²) in [6.07, 6.45) is 24.9. The second kappa shape index (κ2) is 19.4. The molecule has 0 aliphatic carbocycles. The number of aromatic nitrogens is 3. The quantitative estimate of drug-likeness (QED) is 0.0871. The molecular formula is C32H54N5O5P. The van der Waals surface area contributed by atoms with Crippen LogP contribution in [0.15, 0.2) is 18.5 Å². The Bertz CT molecular complexity index is 1150. The van der Waals surface area contributed by atoms with Crippen LogP contribution in [0.4, 0.5) is 5.82 Å². The Morgan fingerprint density at radius 3 is 2.09 bits per heavy atom. The van der Waals surface area contributed by atoms with E-state index in [1.54, 1.807) is 10.6 Å². The molecule has 1 unspecified atom stereocenters. The van der Waals surface area contributed by atoms with Crippen molar-refractivity contribution in [2.45, 2.75) is 147 Å². The van der Waals surface area contributed by atoms with Crippen molar-refractivity contribution in [1.82, 2.24) is 14.6 Å². The largest absolute Gasteiger partial charge is 0.472 e. The standard InChI is InChI=1S/C32H54N5O5P/c1-2-3-4-5-6-7-8-9-10-11-12-13-14-15-16-17-18-19-24-40-43(38,39)41-26-32(25-33)23-22-30(42-32)28-20-21-29-31(34)35-27-36-37(28)29/h20-21,27,30H,2-19,22-24,26H2,1H3,(H,38,39)(H2,34,35,36)/t30-,32-/m1/s1. The molecule has 43 heavy (non-hydrogen) atoms. The van der Waals surface area contributed by atoms with E-state index in [4.69, 9.17) is 19.5 Å². The predicted molar refractivity (Wildman–Crippen MR) is 169 cm³/mol. The average Bonchev–Trinajstić information content (AvgIpc) is 3.63. The monoisotopic (exact) mass is 619 g/mol. The van der Waals surface area contributed by atoms with Gasteiger partial charge in [0.2, 0.25) is 0 Å². The maximum atomic E-state index is 12.4. The van der Waals surface area contributed by atoms with Crippen molar-refractivity contribution >= 4 is 19.2 Å². The average molecular weight is 620 g/mol. The molecule has 3 heterocycles. The van der Waals surface area contributed by atoms with Crippen LogP contribution in [0.3, 0.4) is 0 Å². The van der Waals surface area contributed by atoms with Crippen molar-refractivity contribution in [2.24, 2.45) is 0 Å². The molecule has 3 rings (SSSR count). The fraction of sp³-hybridized carbons (Fsp3) is 0.781. The number of nitrogens with zero attached hydrogens (tertiary/aromatic N) is 4. The maximum absolute atomic E-state index is 12.4. The minimum Gasteiger partial charge on any atom is -0.382 e. The van der Waals surface area contributed by atoms with E-state index in [2.05, 4.69) is 23.1 Å². The number of hydrogen-bond donors (Lipinski definition) is 2. The Kier molecular flexibility index (Phi) is 16.0. The van der Waals surface area contributed by atoms with Gasteiger partial charge in [0.15, 0.2) is 11.4 Å². The van der Waals surface area contributed by atoms with Crippen LogP contribution in [0, 0.1) is 11.3 Å². The van der Waals surface area contributed by atoms with Crippen molar-refractivity contribution in [3.05, 3.63) is 24.2 Å². The number of rotatable bonds is 24. The molecule has 1 saturated heterocycles. The second-order valence-electron chi connectivity index (χ2n) is 12.0. The molecule has 0 saturated carbocycles. The number of ether oxygens (including phenoxy) is 1. The van der Waals surface area contributed by atoms with Crippen molar-refractivity contribution in [3.8, 4) is 6.07 Å². The number of fused-ring (bicyclic) bond motifs is 1. The van der Waals surface area contributed by atoms with Crippen LogP contribution in [0.2, 0.25) is 0 Å². The van der Waals surface area contributed by atoms with Gasteiger partial charge in [0.25, 0.3) is 0 Å². The van der Waals surface area contributed by atoms with Gasteiger partial charge in [-0.3, -0.25) is 9.05 Å². The molecule has 2 aromatic rings. The lowest BCUT2D eigenvalue weighted by atomic mass is 10.0. The third-order valence-electron chi connectivity index (χ3n) is 8.44. The van der Waals surface area contributed by atoms with Crippen LogP contribution in [0.25, 0.3) is 5.52 Å². The van der Waals surface area contributed by atoms with Gasteiger partial charge in [0.1, 0.15) is 30.6 Å². The lowest BCUT2D eigenvalue weighted by Crippen LogP contribution is -2.32. The van der Waals surface area contributed by atoms with Crippen LogP contribution in [0.1, 0.15) is 147 Å². The zero-order chi connectivity index (χ0) is 30.8. The van der Waals surface area contributed by atoms with E-state index >= 15 is 0 Å². The molecule has 0 radical (unpaired) electrons. The molecule has 1 aliphatic rings. The van der Waals surface area contributed by atoms with Crippen LogP contribution in [0.5, 0.6) is 0 Å². The molecule has 0 spiro atoms. The summed E-state index contributed by atoms with van der Waals surface area (Å²) in [7, 11) is -4.29. The van der Waals surface area contributed by atoms with E-state index in [0.717, 1.165) is 18.5 Å². The summed E-state index contributed by atoms with van der Waals surface area (Å²) in [5, 5.41) is 14.0. The van der Waals surface area contributed by atoms with Crippen LogP contribution in [-0.4, -0.2) is 38.3 Å². The number of anilines is 1. The van der Waals surface area contributed by atoms with E-state index in [1.807, 2.05) is 6.07 Å². The zero-order valence-corrected chi connectivity index (χ0v) is 27.2. The van der Waals surface area contributed by atoms with Gasteiger partial charge < -0.3 is 15.4 Å². The van der Waals surface area contributed by atoms with Gasteiger partial charge in [-0.05, 0) is 31.4 Å². The first kappa shape index (κ1) is 35.5. The molecule has 242 valence electrons. The van der Waals surface area contributed by atoms with Crippen LogP contribution < -0.4 is 5.73 Å². The Morgan fingerprint density at radius 1 is 0.977 bits per heavy atom. The highest BCUT2D eigenvalue weighted by Crippen LogP contribution is 2.47. The highest BCUT2D eigenvalue weighted by atomic mass is 31.2. The highest BCUT2D eigenvalue weighted by molar-refractivity contribution is 7.47. The van der Waals surface area contributed by atoms with Gasteiger partial charge in [-0.15, -0.1) is 0 Å². The number of phosphoric ester groups is 1. The minimum atomic E-state index is -4.29. The Morgan fingerprint density at radius 2 is 1.53 bits per heavy atom. The number of unbranched alkanes of at least 4 members (excludes halogenated alkanes) is 17. The summed E-state index contributed by atoms with van der Waals surface area (Å²) >= 11 is 0. The summed E-state index contributed by atoms with van der Waals surface area (Å²) in [6.45, 7) is 2.06. The van der Waals surface area contributed by atoms with Crippen molar-refractivity contribution in [3.63, 3.8) is 0 Å². The minimum absolute atomic E-state index is 0.146. The van der Waals surface area contributed by atoms with Crippen LogP contribution >= 0.6 is 7.82 Å². The van der Waals surface area contributed by atoms with Gasteiger partial charge in [-0.1, -0.05) is 116 Å². The third kappa shape index (κ3) is 12.5. The Hall–Kier alpha value is -2.02. The molecule has 0 amide bonds.